The molecule has 118 valence electrons. The minimum Gasteiger partial charge on any atom is -0.381 e. The molecule has 0 amide bonds. The van der Waals surface area contributed by atoms with Gasteiger partial charge in [0.2, 0.25) is 0 Å². The molecule has 21 heavy (non-hydrogen) atoms. The van der Waals surface area contributed by atoms with Crippen LogP contribution in [0, 0.1) is 5.92 Å². The third-order valence-corrected chi connectivity index (χ3v) is 4.42. The molecule has 1 saturated heterocycles. The van der Waals surface area contributed by atoms with Crippen molar-refractivity contribution >= 4 is 5.69 Å². The molecule has 1 aliphatic heterocycles. The fourth-order valence-electron chi connectivity index (χ4n) is 3.02. The molecule has 1 heterocycles. The van der Waals surface area contributed by atoms with Gasteiger partial charge in [0.25, 0.3) is 0 Å². The lowest BCUT2D eigenvalue weighted by Crippen LogP contribution is -2.47. The second kappa shape index (κ2) is 8.40. The van der Waals surface area contributed by atoms with Crippen molar-refractivity contribution in [2.45, 2.75) is 39.2 Å². The first-order valence-electron chi connectivity index (χ1n) is 8.35. The van der Waals surface area contributed by atoms with Crippen molar-refractivity contribution < 1.29 is 4.74 Å². The molecule has 1 N–H and O–H groups in total. The van der Waals surface area contributed by atoms with Crippen LogP contribution in [0.2, 0.25) is 0 Å². The Balaban J connectivity index is 1.93. The van der Waals surface area contributed by atoms with Crippen LogP contribution in [0.3, 0.4) is 0 Å². The molecule has 2 atom stereocenters. The maximum absolute atomic E-state index is 5.70. The van der Waals surface area contributed by atoms with E-state index in [1.54, 1.807) is 0 Å². The molecule has 0 aliphatic carbocycles. The highest BCUT2D eigenvalue weighted by atomic mass is 16.5. The van der Waals surface area contributed by atoms with Crippen molar-refractivity contribution in [1.29, 1.82) is 0 Å². The van der Waals surface area contributed by atoms with E-state index in [0.717, 1.165) is 39.1 Å². The van der Waals surface area contributed by atoms with Crippen molar-refractivity contribution in [2.75, 3.05) is 38.3 Å². The fourth-order valence-corrected chi connectivity index (χ4v) is 3.02. The quantitative estimate of drug-likeness (QED) is 0.835. The smallest absolute Gasteiger partial charge is 0.0526 e. The lowest BCUT2D eigenvalue weighted by Gasteiger charge is -2.35. The van der Waals surface area contributed by atoms with E-state index in [4.69, 9.17) is 4.74 Å². The first kappa shape index (κ1) is 16.3. The summed E-state index contributed by atoms with van der Waals surface area (Å²) in [5.41, 5.74) is 2.70. The van der Waals surface area contributed by atoms with E-state index in [1.165, 1.54) is 17.7 Å². The highest BCUT2D eigenvalue weighted by Gasteiger charge is 2.26. The van der Waals surface area contributed by atoms with Gasteiger partial charge in [0.05, 0.1) is 6.61 Å². The zero-order valence-electron chi connectivity index (χ0n) is 13.8. The summed E-state index contributed by atoms with van der Waals surface area (Å²) in [6.45, 7) is 8.35. The predicted molar refractivity (Wildman–Crippen MR) is 90.1 cm³/mol. The number of benzene rings is 1. The van der Waals surface area contributed by atoms with Crippen molar-refractivity contribution in [3.63, 3.8) is 0 Å². The third kappa shape index (κ3) is 4.72. The van der Waals surface area contributed by atoms with Crippen molar-refractivity contribution in [3.05, 3.63) is 29.8 Å². The highest BCUT2D eigenvalue weighted by Crippen LogP contribution is 2.20. The summed E-state index contributed by atoms with van der Waals surface area (Å²) in [5, 5.41) is 3.69. The number of ether oxygens (including phenoxy) is 1. The summed E-state index contributed by atoms with van der Waals surface area (Å²) >= 11 is 0. The first-order chi connectivity index (χ1) is 10.2. The van der Waals surface area contributed by atoms with Crippen LogP contribution >= 0.6 is 0 Å². The zero-order valence-corrected chi connectivity index (χ0v) is 13.8. The fraction of sp³-hybridized carbons (Fsp3) is 0.667. The predicted octanol–water partition coefficient (Wildman–Crippen LogP) is 3.09. The van der Waals surface area contributed by atoms with Gasteiger partial charge >= 0.3 is 0 Å². The standard InChI is InChI=1S/C18H30N2O/c1-4-11-19-18-10-12-21-14-16(18)13-20(3)17-8-6-15(5-2)7-9-17/h6-9,16,18-19H,4-5,10-14H2,1-3H3. The number of aryl methyl sites for hydroxylation is 1. The lowest BCUT2D eigenvalue weighted by molar-refractivity contribution is 0.0351. The van der Waals surface area contributed by atoms with Crippen LogP contribution in [0.5, 0.6) is 0 Å². The van der Waals surface area contributed by atoms with Gasteiger partial charge in [-0.05, 0) is 43.5 Å². The summed E-state index contributed by atoms with van der Waals surface area (Å²) in [4.78, 5) is 2.36. The van der Waals surface area contributed by atoms with Crippen LogP contribution < -0.4 is 10.2 Å². The Morgan fingerprint density at radius 2 is 2.00 bits per heavy atom. The summed E-state index contributed by atoms with van der Waals surface area (Å²) in [7, 11) is 2.19. The van der Waals surface area contributed by atoms with Crippen molar-refractivity contribution in [3.8, 4) is 0 Å². The van der Waals surface area contributed by atoms with Gasteiger partial charge in [-0.3, -0.25) is 0 Å². The Morgan fingerprint density at radius 1 is 1.24 bits per heavy atom. The first-order valence-corrected chi connectivity index (χ1v) is 8.35. The molecule has 0 bridgehead atoms. The Morgan fingerprint density at radius 3 is 2.67 bits per heavy atom. The summed E-state index contributed by atoms with van der Waals surface area (Å²) in [6.07, 6.45) is 3.43. The average Bonchev–Trinajstić information content (AvgIpc) is 2.54. The second-order valence-corrected chi connectivity index (χ2v) is 6.08. The molecule has 0 aromatic heterocycles. The maximum Gasteiger partial charge on any atom is 0.0526 e. The lowest BCUT2D eigenvalue weighted by atomic mass is 9.95. The normalized spacial score (nSPS) is 22.2. The summed E-state index contributed by atoms with van der Waals surface area (Å²) in [5.74, 6) is 0.571. The minimum absolute atomic E-state index is 0.571. The van der Waals surface area contributed by atoms with Crippen LogP contribution in [0.4, 0.5) is 5.69 Å². The molecule has 0 spiro atoms. The van der Waals surface area contributed by atoms with E-state index in [0.29, 0.717) is 12.0 Å². The zero-order chi connectivity index (χ0) is 15.1. The van der Waals surface area contributed by atoms with Gasteiger partial charge in [0, 0.05) is 37.8 Å². The van der Waals surface area contributed by atoms with Crippen molar-refractivity contribution in [2.24, 2.45) is 5.92 Å². The van der Waals surface area contributed by atoms with Crippen LogP contribution in [0.1, 0.15) is 32.3 Å². The van der Waals surface area contributed by atoms with Gasteiger partial charge in [-0.25, -0.2) is 0 Å². The average molecular weight is 290 g/mol. The van der Waals surface area contributed by atoms with Gasteiger partial charge in [-0.1, -0.05) is 26.0 Å². The number of rotatable bonds is 7. The second-order valence-electron chi connectivity index (χ2n) is 6.08. The third-order valence-electron chi connectivity index (χ3n) is 4.42. The molecule has 1 aromatic rings. The molecule has 0 saturated carbocycles. The van der Waals surface area contributed by atoms with Gasteiger partial charge in [0.1, 0.15) is 0 Å². The Kier molecular flexibility index (Phi) is 6.52. The topological polar surface area (TPSA) is 24.5 Å². The van der Waals surface area contributed by atoms with Gasteiger partial charge in [-0.15, -0.1) is 0 Å². The van der Waals surface area contributed by atoms with Crippen LogP contribution in [0.25, 0.3) is 0 Å². The van der Waals surface area contributed by atoms with Crippen molar-refractivity contribution in [1.82, 2.24) is 5.32 Å². The van der Waals surface area contributed by atoms with Gasteiger partial charge in [0.15, 0.2) is 0 Å². The number of hydrogen-bond acceptors (Lipinski definition) is 3. The summed E-state index contributed by atoms with van der Waals surface area (Å²) < 4.78 is 5.70. The Labute approximate surface area is 129 Å². The van der Waals surface area contributed by atoms with Gasteiger partial charge in [-0.2, -0.15) is 0 Å². The molecular formula is C18H30N2O. The maximum atomic E-state index is 5.70. The molecule has 3 heteroatoms. The van der Waals surface area contributed by atoms with E-state index in [1.807, 2.05) is 0 Å². The molecule has 2 unspecified atom stereocenters. The largest absolute Gasteiger partial charge is 0.381 e. The number of anilines is 1. The molecule has 3 nitrogen and oxygen atoms in total. The molecular weight excluding hydrogens is 260 g/mol. The van der Waals surface area contributed by atoms with E-state index in [-0.39, 0.29) is 0 Å². The molecule has 1 fully saturated rings. The van der Waals surface area contributed by atoms with Crippen LogP contribution in [-0.4, -0.2) is 39.4 Å². The Bertz CT molecular complexity index is 404. The van der Waals surface area contributed by atoms with E-state index in [9.17, 15) is 0 Å². The number of hydrogen-bond donors (Lipinski definition) is 1. The van der Waals surface area contributed by atoms with Crippen LogP contribution in [0.15, 0.2) is 24.3 Å². The van der Waals surface area contributed by atoms with Crippen LogP contribution in [-0.2, 0) is 11.2 Å². The number of nitrogens with one attached hydrogen (secondary N) is 1. The molecule has 1 aliphatic rings. The molecule has 0 radical (unpaired) electrons. The van der Waals surface area contributed by atoms with E-state index < -0.39 is 0 Å². The molecule has 1 aromatic carbocycles. The van der Waals surface area contributed by atoms with E-state index in [2.05, 4.69) is 55.4 Å². The monoisotopic (exact) mass is 290 g/mol. The van der Waals surface area contributed by atoms with Gasteiger partial charge < -0.3 is 15.0 Å². The summed E-state index contributed by atoms with van der Waals surface area (Å²) in [6, 6.07) is 9.52. The SMILES string of the molecule is CCCNC1CCOCC1CN(C)c1ccc(CC)cc1. The van der Waals surface area contributed by atoms with E-state index >= 15 is 0 Å². The number of nitrogens with zero attached hydrogens (tertiary/aromatic N) is 1. The highest BCUT2D eigenvalue weighted by molar-refractivity contribution is 5.47. The minimum atomic E-state index is 0.571. The Hall–Kier alpha value is -1.06. The molecule has 2 rings (SSSR count).